The minimum absolute atomic E-state index is 0.489. The Morgan fingerprint density at radius 3 is 2.83 bits per heavy atom. The quantitative estimate of drug-likeness (QED) is 0.733. The zero-order valence-electron chi connectivity index (χ0n) is 12.0. The molecular weight excluding hydrogens is 228 g/mol. The topological polar surface area (TPSA) is 37.6 Å². The van der Waals surface area contributed by atoms with Crippen LogP contribution >= 0.6 is 0 Å². The van der Waals surface area contributed by atoms with Gasteiger partial charge in [-0.1, -0.05) is 20.8 Å². The van der Waals surface area contributed by atoms with Gasteiger partial charge in [0.1, 0.15) is 5.76 Å². The highest BCUT2D eigenvalue weighted by Gasteiger charge is 2.11. The third kappa shape index (κ3) is 5.21. The van der Waals surface area contributed by atoms with Crippen LogP contribution in [0, 0.1) is 0 Å². The van der Waals surface area contributed by atoms with E-state index in [-0.39, 0.29) is 0 Å². The van der Waals surface area contributed by atoms with Crippen molar-refractivity contribution in [3.05, 3.63) is 23.7 Å². The van der Waals surface area contributed by atoms with Crippen LogP contribution in [0.25, 0.3) is 0 Å². The lowest BCUT2D eigenvalue weighted by atomic mass is 10.2. The molecular formula is C14H26N2O2. The van der Waals surface area contributed by atoms with Crippen molar-refractivity contribution in [3.63, 3.8) is 0 Å². The zero-order valence-corrected chi connectivity index (χ0v) is 12.0. The normalized spacial score (nSPS) is 11.7. The molecule has 1 N–H and O–H groups in total. The Morgan fingerprint density at radius 1 is 1.44 bits per heavy atom. The van der Waals surface area contributed by atoms with Crippen molar-refractivity contribution in [1.82, 2.24) is 10.2 Å². The highest BCUT2D eigenvalue weighted by atomic mass is 16.5. The van der Waals surface area contributed by atoms with Gasteiger partial charge in [0, 0.05) is 31.8 Å². The van der Waals surface area contributed by atoms with Crippen molar-refractivity contribution in [3.8, 4) is 0 Å². The third-order valence-corrected chi connectivity index (χ3v) is 2.96. The van der Waals surface area contributed by atoms with Crippen LogP contribution < -0.4 is 5.32 Å². The minimum atomic E-state index is 0.489. The maximum Gasteiger partial charge on any atom is 0.122 e. The average Bonchev–Trinajstić information content (AvgIpc) is 2.79. The number of ether oxygens (including phenoxy) is 1. The van der Waals surface area contributed by atoms with E-state index >= 15 is 0 Å². The molecule has 0 bridgehead atoms. The summed E-state index contributed by atoms with van der Waals surface area (Å²) < 4.78 is 10.7. The SMILES string of the molecule is CCN(CCOC)Cc1occc1CNC(C)C. The van der Waals surface area contributed by atoms with Crippen molar-refractivity contribution >= 4 is 0 Å². The van der Waals surface area contributed by atoms with Gasteiger partial charge in [0.15, 0.2) is 0 Å². The molecule has 1 aromatic heterocycles. The van der Waals surface area contributed by atoms with E-state index in [1.54, 1.807) is 13.4 Å². The van der Waals surface area contributed by atoms with Crippen molar-refractivity contribution in [2.24, 2.45) is 0 Å². The van der Waals surface area contributed by atoms with E-state index in [1.165, 1.54) is 5.56 Å². The van der Waals surface area contributed by atoms with Gasteiger partial charge >= 0.3 is 0 Å². The van der Waals surface area contributed by atoms with Crippen LogP contribution in [-0.2, 0) is 17.8 Å². The van der Waals surface area contributed by atoms with E-state index < -0.39 is 0 Å². The molecule has 1 rings (SSSR count). The number of nitrogens with zero attached hydrogens (tertiary/aromatic N) is 1. The van der Waals surface area contributed by atoms with Gasteiger partial charge in [-0.25, -0.2) is 0 Å². The summed E-state index contributed by atoms with van der Waals surface area (Å²) in [5.74, 6) is 1.06. The highest BCUT2D eigenvalue weighted by molar-refractivity contribution is 5.16. The molecule has 0 saturated carbocycles. The lowest BCUT2D eigenvalue weighted by Gasteiger charge is -2.19. The van der Waals surface area contributed by atoms with Crippen LogP contribution in [0.4, 0.5) is 0 Å². The fourth-order valence-corrected chi connectivity index (χ4v) is 1.75. The lowest BCUT2D eigenvalue weighted by molar-refractivity contribution is 0.142. The van der Waals surface area contributed by atoms with E-state index in [0.29, 0.717) is 6.04 Å². The first-order valence-electron chi connectivity index (χ1n) is 6.67. The standard InChI is InChI=1S/C14H26N2O2/c1-5-16(7-9-17-4)11-14-13(6-8-18-14)10-15-12(2)3/h6,8,12,15H,5,7,9-11H2,1-4H3. The highest BCUT2D eigenvalue weighted by Crippen LogP contribution is 2.13. The summed E-state index contributed by atoms with van der Waals surface area (Å²) in [4.78, 5) is 2.32. The number of likely N-dealkylation sites (N-methyl/N-ethyl adjacent to an activating group) is 1. The first-order valence-corrected chi connectivity index (χ1v) is 6.67. The Kier molecular flexibility index (Phi) is 7.01. The molecule has 104 valence electrons. The van der Waals surface area contributed by atoms with Crippen LogP contribution in [0.1, 0.15) is 32.1 Å². The monoisotopic (exact) mass is 254 g/mol. The summed E-state index contributed by atoms with van der Waals surface area (Å²) in [7, 11) is 1.73. The first kappa shape index (κ1) is 15.2. The van der Waals surface area contributed by atoms with Gasteiger partial charge in [-0.2, -0.15) is 0 Å². The number of furan rings is 1. The van der Waals surface area contributed by atoms with Crippen molar-refractivity contribution in [2.75, 3.05) is 26.8 Å². The summed E-state index contributed by atoms with van der Waals surface area (Å²) in [5.41, 5.74) is 1.25. The number of rotatable bonds is 9. The third-order valence-electron chi connectivity index (χ3n) is 2.96. The molecule has 0 saturated heterocycles. The fraction of sp³-hybridized carbons (Fsp3) is 0.714. The molecule has 0 fully saturated rings. The predicted octanol–water partition coefficient (Wildman–Crippen LogP) is 2.25. The summed E-state index contributed by atoms with van der Waals surface area (Å²) in [6.07, 6.45) is 1.77. The second-order valence-corrected chi connectivity index (χ2v) is 4.77. The number of nitrogens with one attached hydrogen (secondary N) is 1. The van der Waals surface area contributed by atoms with E-state index in [9.17, 15) is 0 Å². The molecule has 0 amide bonds. The van der Waals surface area contributed by atoms with E-state index in [4.69, 9.17) is 9.15 Å². The van der Waals surface area contributed by atoms with Crippen molar-refractivity contribution in [2.45, 2.75) is 39.9 Å². The Labute approximate surface area is 110 Å². The molecule has 1 aromatic rings. The second-order valence-electron chi connectivity index (χ2n) is 4.77. The van der Waals surface area contributed by atoms with Gasteiger partial charge in [0.2, 0.25) is 0 Å². The molecule has 18 heavy (non-hydrogen) atoms. The van der Waals surface area contributed by atoms with Crippen LogP contribution in [0.15, 0.2) is 16.7 Å². The maximum absolute atomic E-state index is 5.59. The molecule has 4 heteroatoms. The molecule has 1 heterocycles. The van der Waals surface area contributed by atoms with E-state index in [0.717, 1.165) is 38.5 Å². The summed E-state index contributed by atoms with van der Waals surface area (Å²) in [6, 6.07) is 2.54. The molecule has 0 aliphatic carbocycles. The van der Waals surface area contributed by atoms with E-state index in [2.05, 4.69) is 37.1 Å². The Bertz CT molecular complexity index is 323. The maximum atomic E-state index is 5.59. The van der Waals surface area contributed by atoms with Crippen molar-refractivity contribution < 1.29 is 9.15 Å². The molecule has 0 unspecified atom stereocenters. The average molecular weight is 254 g/mol. The van der Waals surface area contributed by atoms with Crippen LogP contribution in [0.3, 0.4) is 0 Å². The smallest absolute Gasteiger partial charge is 0.122 e. The molecule has 4 nitrogen and oxygen atoms in total. The minimum Gasteiger partial charge on any atom is -0.468 e. The Morgan fingerprint density at radius 2 is 2.22 bits per heavy atom. The number of hydrogen-bond donors (Lipinski definition) is 1. The van der Waals surface area contributed by atoms with Crippen molar-refractivity contribution in [1.29, 1.82) is 0 Å². The second kappa shape index (κ2) is 8.29. The molecule has 0 aromatic carbocycles. The van der Waals surface area contributed by atoms with Gasteiger partial charge < -0.3 is 14.5 Å². The molecule has 0 radical (unpaired) electrons. The van der Waals surface area contributed by atoms with E-state index in [1.807, 2.05) is 0 Å². The fourth-order valence-electron chi connectivity index (χ4n) is 1.75. The molecule has 0 aliphatic heterocycles. The molecule has 0 aliphatic rings. The summed E-state index contributed by atoms with van der Waals surface area (Å²) in [5, 5.41) is 3.42. The van der Waals surface area contributed by atoms with Gasteiger partial charge in [-0.15, -0.1) is 0 Å². The predicted molar refractivity (Wildman–Crippen MR) is 73.5 cm³/mol. The molecule has 0 spiro atoms. The summed E-state index contributed by atoms with van der Waals surface area (Å²) >= 11 is 0. The van der Waals surface area contributed by atoms with Gasteiger partial charge in [0.05, 0.1) is 19.4 Å². The Hall–Kier alpha value is -0.840. The van der Waals surface area contributed by atoms with Gasteiger partial charge in [-0.05, 0) is 12.6 Å². The Balaban J connectivity index is 2.51. The summed E-state index contributed by atoms with van der Waals surface area (Å²) in [6.45, 7) is 10.9. The van der Waals surface area contributed by atoms with Gasteiger partial charge in [-0.3, -0.25) is 4.90 Å². The number of hydrogen-bond acceptors (Lipinski definition) is 4. The lowest BCUT2D eigenvalue weighted by Crippen LogP contribution is -2.28. The first-order chi connectivity index (χ1) is 8.67. The van der Waals surface area contributed by atoms with Crippen LogP contribution in [0.2, 0.25) is 0 Å². The number of methoxy groups -OCH3 is 1. The molecule has 0 atom stereocenters. The zero-order chi connectivity index (χ0) is 13.4. The van der Waals surface area contributed by atoms with Crippen LogP contribution in [0.5, 0.6) is 0 Å². The van der Waals surface area contributed by atoms with Crippen LogP contribution in [-0.4, -0.2) is 37.7 Å². The van der Waals surface area contributed by atoms with Gasteiger partial charge in [0.25, 0.3) is 0 Å². The largest absolute Gasteiger partial charge is 0.468 e.